The van der Waals surface area contributed by atoms with Crippen molar-refractivity contribution in [1.29, 1.82) is 0 Å². The predicted molar refractivity (Wildman–Crippen MR) is 121 cm³/mol. The summed E-state index contributed by atoms with van der Waals surface area (Å²) in [4.78, 5) is 41.2. The molecular formula is C23H20ClN5O4. The maximum Gasteiger partial charge on any atom is 0.305 e. The number of hydrazone groups is 1. The highest BCUT2D eigenvalue weighted by Crippen LogP contribution is 2.29. The molecule has 3 aromatic rings. The number of fused-ring (bicyclic) bond motifs is 1. The van der Waals surface area contributed by atoms with Crippen molar-refractivity contribution < 1.29 is 18.8 Å². The molecule has 1 aliphatic rings. The van der Waals surface area contributed by atoms with E-state index in [1.54, 1.807) is 43.3 Å². The van der Waals surface area contributed by atoms with E-state index in [1.807, 2.05) is 0 Å². The number of carbonyl (C=O) groups excluding carboxylic acids is 3. The molecule has 0 spiro atoms. The molecule has 168 valence electrons. The minimum Gasteiger partial charge on any atom is -0.455 e. The van der Waals surface area contributed by atoms with Gasteiger partial charge in [0.15, 0.2) is 5.76 Å². The predicted octanol–water partition coefficient (Wildman–Crippen LogP) is 3.18. The quantitative estimate of drug-likeness (QED) is 0.510. The number of pyridine rings is 1. The van der Waals surface area contributed by atoms with Gasteiger partial charge in [0.25, 0.3) is 11.8 Å². The van der Waals surface area contributed by atoms with Gasteiger partial charge in [-0.1, -0.05) is 23.7 Å². The highest BCUT2D eigenvalue weighted by Gasteiger charge is 2.28. The van der Waals surface area contributed by atoms with Crippen molar-refractivity contribution in [2.24, 2.45) is 5.10 Å². The molecule has 0 aliphatic heterocycles. The number of hydrogen-bond acceptors (Lipinski definition) is 6. The van der Waals surface area contributed by atoms with Crippen molar-refractivity contribution in [3.05, 3.63) is 87.6 Å². The molecule has 3 amide bonds. The highest BCUT2D eigenvalue weighted by atomic mass is 35.5. The maximum absolute atomic E-state index is 12.7. The van der Waals surface area contributed by atoms with Crippen LogP contribution in [0.2, 0.25) is 5.02 Å². The summed E-state index contributed by atoms with van der Waals surface area (Å²) >= 11 is 5.90. The van der Waals surface area contributed by atoms with Crippen LogP contribution < -0.4 is 16.3 Å². The largest absolute Gasteiger partial charge is 0.455 e. The van der Waals surface area contributed by atoms with E-state index in [0.29, 0.717) is 46.0 Å². The zero-order chi connectivity index (χ0) is 23.4. The molecule has 0 saturated heterocycles. The van der Waals surface area contributed by atoms with Gasteiger partial charge in [0, 0.05) is 34.3 Å². The highest BCUT2D eigenvalue weighted by molar-refractivity contribution is 6.31. The summed E-state index contributed by atoms with van der Waals surface area (Å²) in [5.41, 5.74) is 9.65. The fraction of sp³-hybridized carbons (Fsp3) is 0.174. The van der Waals surface area contributed by atoms with Crippen LogP contribution in [-0.4, -0.2) is 28.4 Å². The minimum atomic E-state index is -0.603. The molecule has 0 bridgehead atoms. The smallest absolute Gasteiger partial charge is 0.305 e. The molecule has 2 aromatic heterocycles. The van der Waals surface area contributed by atoms with Crippen LogP contribution in [0.5, 0.6) is 0 Å². The molecule has 33 heavy (non-hydrogen) atoms. The topological polar surface area (TPSA) is 126 Å². The average Bonchev–Trinajstić information content (AvgIpc) is 3.18. The number of amides is 3. The number of hydrazine groups is 1. The molecule has 0 atom stereocenters. The molecule has 0 saturated carbocycles. The summed E-state index contributed by atoms with van der Waals surface area (Å²) in [6.45, 7) is 1.73. The molecule has 0 radical (unpaired) electrons. The van der Waals surface area contributed by atoms with Gasteiger partial charge in [0.2, 0.25) is 0 Å². The van der Waals surface area contributed by atoms with Gasteiger partial charge in [-0.2, -0.15) is 5.10 Å². The Labute approximate surface area is 194 Å². The van der Waals surface area contributed by atoms with Crippen molar-refractivity contribution in [3.8, 4) is 0 Å². The van der Waals surface area contributed by atoms with Gasteiger partial charge in [0.05, 0.1) is 5.71 Å². The molecule has 2 heterocycles. The van der Waals surface area contributed by atoms with Crippen LogP contribution in [0.4, 0.5) is 0 Å². The number of carbonyl (C=O) groups is 3. The van der Waals surface area contributed by atoms with E-state index in [4.69, 9.17) is 16.0 Å². The second-order valence-electron chi connectivity index (χ2n) is 7.34. The normalized spacial score (nSPS) is 13.8. The van der Waals surface area contributed by atoms with E-state index in [2.05, 4.69) is 26.4 Å². The van der Waals surface area contributed by atoms with Crippen LogP contribution in [0.15, 0.2) is 58.2 Å². The number of rotatable bonds is 4. The SMILES string of the molecule is Cc1c(C(=O)NNC(=O)c2cccc(Cl)c2)oc2c1/C(=N/NC(=O)c1ccccn1)CCC2. The first kappa shape index (κ1) is 22.2. The van der Waals surface area contributed by atoms with E-state index in [-0.39, 0.29) is 11.5 Å². The Morgan fingerprint density at radius 2 is 1.85 bits per heavy atom. The van der Waals surface area contributed by atoms with Gasteiger partial charge < -0.3 is 4.42 Å². The van der Waals surface area contributed by atoms with Crippen LogP contribution in [0, 0.1) is 6.92 Å². The Bertz CT molecular complexity index is 1250. The molecule has 4 rings (SSSR count). The van der Waals surface area contributed by atoms with Gasteiger partial charge in [-0.3, -0.25) is 30.2 Å². The van der Waals surface area contributed by atoms with Crippen LogP contribution in [0.1, 0.15) is 61.1 Å². The fourth-order valence-electron chi connectivity index (χ4n) is 3.54. The molecule has 10 heteroatoms. The number of nitrogens with one attached hydrogen (secondary N) is 3. The third-order valence-corrected chi connectivity index (χ3v) is 5.33. The molecule has 1 aromatic carbocycles. The first-order valence-corrected chi connectivity index (χ1v) is 10.6. The van der Waals surface area contributed by atoms with Crippen molar-refractivity contribution in [3.63, 3.8) is 0 Å². The van der Waals surface area contributed by atoms with Crippen LogP contribution >= 0.6 is 11.6 Å². The summed E-state index contributed by atoms with van der Waals surface area (Å²) in [5, 5.41) is 4.67. The van der Waals surface area contributed by atoms with Crippen molar-refractivity contribution in [2.75, 3.05) is 0 Å². The monoisotopic (exact) mass is 465 g/mol. The number of hydrogen-bond donors (Lipinski definition) is 3. The van der Waals surface area contributed by atoms with Crippen LogP contribution in [-0.2, 0) is 6.42 Å². The van der Waals surface area contributed by atoms with Crippen molar-refractivity contribution in [2.45, 2.75) is 26.2 Å². The van der Waals surface area contributed by atoms with Crippen molar-refractivity contribution in [1.82, 2.24) is 21.3 Å². The van der Waals surface area contributed by atoms with Gasteiger partial charge in [-0.25, -0.2) is 5.43 Å². The fourth-order valence-corrected chi connectivity index (χ4v) is 3.73. The number of benzene rings is 1. The van der Waals surface area contributed by atoms with Gasteiger partial charge in [-0.05, 0) is 50.1 Å². The van der Waals surface area contributed by atoms with E-state index >= 15 is 0 Å². The van der Waals surface area contributed by atoms with Gasteiger partial charge in [0.1, 0.15) is 11.5 Å². The van der Waals surface area contributed by atoms with E-state index in [9.17, 15) is 14.4 Å². The zero-order valence-corrected chi connectivity index (χ0v) is 18.4. The zero-order valence-electron chi connectivity index (χ0n) is 17.6. The molecule has 1 aliphatic carbocycles. The number of aryl methyl sites for hydroxylation is 1. The molecule has 3 N–H and O–H groups in total. The third-order valence-electron chi connectivity index (χ3n) is 5.10. The second-order valence-corrected chi connectivity index (χ2v) is 7.78. The molecule has 9 nitrogen and oxygen atoms in total. The Kier molecular flexibility index (Phi) is 6.50. The molecule has 0 fully saturated rings. The Morgan fingerprint density at radius 1 is 1.03 bits per heavy atom. The van der Waals surface area contributed by atoms with Crippen LogP contribution in [0.25, 0.3) is 0 Å². The summed E-state index contributed by atoms with van der Waals surface area (Å²) < 4.78 is 5.79. The number of aromatic nitrogens is 1. The number of halogens is 1. The van der Waals surface area contributed by atoms with Crippen molar-refractivity contribution >= 4 is 35.0 Å². The lowest BCUT2D eigenvalue weighted by Gasteiger charge is -2.13. The Hall–Kier alpha value is -3.98. The standard InChI is InChI=1S/C23H20ClN5O4/c1-13-19-16(26-28-22(31)17-8-2-3-11-25-17)9-5-10-18(19)33-20(13)23(32)29-27-21(30)14-6-4-7-15(24)12-14/h2-4,6-8,11-12H,5,9-10H2,1H3,(H,27,30)(H,28,31)(H,29,32)/b26-16+. The molecular weight excluding hydrogens is 446 g/mol. The second kappa shape index (κ2) is 9.66. The number of nitrogens with zero attached hydrogens (tertiary/aromatic N) is 2. The lowest BCUT2D eigenvalue weighted by atomic mass is 9.93. The number of furan rings is 1. The minimum absolute atomic E-state index is 0.0667. The van der Waals surface area contributed by atoms with Gasteiger partial charge >= 0.3 is 5.91 Å². The van der Waals surface area contributed by atoms with E-state index in [1.165, 1.54) is 12.3 Å². The first-order chi connectivity index (χ1) is 15.9. The summed E-state index contributed by atoms with van der Waals surface area (Å²) in [7, 11) is 0. The van der Waals surface area contributed by atoms with Crippen LogP contribution in [0.3, 0.4) is 0 Å². The van der Waals surface area contributed by atoms with Gasteiger partial charge in [-0.15, -0.1) is 0 Å². The summed E-state index contributed by atoms with van der Waals surface area (Å²) in [6.07, 6.45) is 3.52. The Morgan fingerprint density at radius 3 is 2.61 bits per heavy atom. The molecule has 0 unspecified atom stereocenters. The summed E-state index contributed by atoms with van der Waals surface area (Å²) in [6, 6.07) is 11.4. The van der Waals surface area contributed by atoms with E-state index < -0.39 is 17.7 Å². The third kappa shape index (κ3) is 4.93. The average molecular weight is 466 g/mol. The first-order valence-electron chi connectivity index (χ1n) is 10.2. The Balaban J connectivity index is 1.48. The lowest BCUT2D eigenvalue weighted by molar-refractivity contribution is 0.0829. The van der Waals surface area contributed by atoms with E-state index in [0.717, 1.165) is 6.42 Å². The summed E-state index contributed by atoms with van der Waals surface area (Å²) in [5.74, 6) is -0.875. The lowest BCUT2D eigenvalue weighted by Crippen LogP contribution is -2.41. The maximum atomic E-state index is 12.7.